The third-order valence-corrected chi connectivity index (χ3v) is 4.24. The van der Waals surface area contributed by atoms with Gasteiger partial charge in [0, 0.05) is 30.9 Å². The van der Waals surface area contributed by atoms with Crippen molar-refractivity contribution in [2.45, 2.75) is 25.3 Å². The summed E-state index contributed by atoms with van der Waals surface area (Å²) in [7, 11) is 1.66. The molecule has 0 aromatic heterocycles. The van der Waals surface area contributed by atoms with Crippen molar-refractivity contribution in [1.29, 1.82) is 0 Å². The van der Waals surface area contributed by atoms with Crippen molar-refractivity contribution < 1.29 is 4.74 Å². The zero-order chi connectivity index (χ0) is 14.7. The number of aliphatic imine (C=N–C) groups is 1. The number of ether oxygens (including phenoxy) is 1. The van der Waals surface area contributed by atoms with Crippen LogP contribution in [0.1, 0.15) is 19.3 Å². The van der Waals surface area contributed by atoms with Crippen LogP contribution >= 0.6 is 0 Å². The van der Waals surface area contributed by atoms with E-state index >= 15 is 0 Å². The summed E-state index contributed by atoms with van der Waals surface area (Å²) in [5.41, 5.74) is 6.87. The molecular weight excluding hydrogens is 264 g/mol. The monoisotopic (exact) mass is 288 g/mol. The second-order valence-electron chi connectivity index (χ2n) is 5.96. The third-order valence-electron chi connectivity index (χ3n) is 4.24. The molecule has 1 aliphatic heterocycles. The number of anilines is 1. The highest BCUT2D eigenvalue weighted by Crippen LogP contribution is 2.31. The first-order valence-corrected chi connectivity index (χ1v) is 7.69. The number of nitrogens with two attached hydrogens (primary N) is 1. The molecule has 2 aliphatic rings. The van der Waals surface area contributed by atoms with E-state index in [9.17, 15) is 0 Å². The summed E-state index contributed by atoms with van der Waals surface area (Å²) < 4.78 is 5.19. The Balaban J connectivity index is 1.49. The number of hydrogen-bond acceptors (Lipinski definition) is 3. The Hall–Kier alpha value is -1.75. The van der Waals surface area contributed by atoms with Crippen molar-refractivity contribution in [3.8, 4) is 5.75 Å². The van der Waals surface area contributed by atoms with Gasteiger partial charge in [0.05, 0.1) is 7.11 Å². The zero-order valence-electron chi connectivity index (χ0n) is 12.6. The number of rotatable bonds is 5. The van der Waals surface area contributed by atoms with Gasteiger partial charge in [-0.05, 0) is 43.9 Å². The summed E-state index contributed by atoms with van der Waals surface area (Å²) in [6, 6.07) is 8.57. The maximum atomic E-state index is 5.97. The average Bonchev–Trinajstić information content (AvgIpc) is 3.24. The second-order valence-corrected chi connectivity index (χ2v) is 5.96. The van der Waals surface area contributed by atoms with Gasteiger partial charge in [0.1, 0.15) is 5.75 Å². The number of benzene rings is 1. The van der Waals surface area contributed by atoms with Crippen molar-refractivity contribution in [3.05, 3.63) is 24.3 Å². The minimum atomic E-state index is 0.480. The average molecular weight is 288 g/mol. The Morgan fingerprint density at radius 1 is 1.43 bits per heavy atom. The molecular formula is C16H24N4O. The lowest BCUT2D eigenvalue weighted by atomic mass is 10.1. The van der Waals surface area contributed by atoms with Crippen LogP contribution in [0.4, 0.5) is 5.69 Å². The smallest absolute Gasteiger partial charge is 0.193 e. The first-order valence-electron chi connectivity index (χ1n) is 7.69. The fraction of sp³-hybridized carbons (Fsp3) is 0.562. The molecule has 0 spiro atoms. The Morgan fingerprint density at radius 3 is 3.05 bits per heavy atom. The maximum absolute atomic E-state index is 5.97. The van der Waals surface area contributed by atoms with Crippen LogP contribution < -0.4 is 15.8 Å². The first kappa shape index (κ1) is 14.2. The standard InChI is InChI=1S/C16H24N4O/c1-21-15-4-2-3-13(9-15)19-16(17)18-10-12-7-8-20(11-12)14-5-6-14/h2-4,9,12,14H,5-8,10-11H2,1H3,(H3,17,18,19). The lowest BCUT2D eigenvalue weighted by molar-refractivity contribution is 0.315. The van der Waals surface area contributed by atoms with Crippen molar-refractivity contribution in [1.82, 2.24) is 4.90 Å². The summed E-state index contributed by atoms with van der Waals surface area (Å²) in [4.78, 5) is 7.09. The van der Waals surface area contributed by atoms with Crippen LogP contribution in [-0.4, -0.2) is 43.6 Å². The predicted octanol–water partition coefficient (Wildman–Crippen LogP) is 1.91. The molecule has 3 rings (SSSR count). The molecule has 1 saturated carbocycles. The normalized spacial score (nSPS) is 23.3. The molecule has 1 aromatic carbocycles. The zero-order valence-corrected chi connectivity index (χ0v) is 12.6. The molecule has 1 atom stereocenters. The van der Waals surface area contributed by atoms with E-state index in [0.29, 0.717) is 11.9 Å². The molecule has 5 nitrogen and oxygen atoms in total. The van der Waals surface area contributed by atoms with Gasteiger partial charge < -0.3 is 20.7 Å². The Bertz CT molecular complexity index is 513. The van der Waals surface area contributed by atoms with Gasteiger partial charge in [-0.25, -0.2) is 0 Å². The molecule has 3 N–H and O–H groups in total. The van der Waals surface area contributed by atoms with Crippen LogP contribution in [0.15, 0.2) is 29.3 Å². The summed E-state index contributed by atoms with van der Waals surface area (Å²) in [6.45, 7) is 3.22. The van der Waals surface area contributed by atoms with Crippen molar-refractivity contribution in [2.75, 3.05) is 32.1 Å². The summed E-state index contributed by atoms with van der Waals surface area (Å²) in [5, 5.41) is 3.12. The van der Waals surface area contributed by atoms with Gasteiger partial charge in [0.2, 0.25) is 0 Å². The van der Waals surface area contributed by atoms with E-state index in [0.717, 1.165) is 24.0 Å². The highest BCUT2D eigenvalue weighted by molar-refractivity contribution is 5.92. The van der Waals surface area contributed by atoms with Crippen LogP contribution in [0, 0.1) is 5.92 Å². The van der Waals surface area contributed by atoms with E-state index < -0.39 is 0 Å². The van der Waals surface area contributed by atoms with Gasteiger partial charge in [-0.2, -0.15) is 0 Å². The largest absolute Gasteiger partial charge is 0.497 e. The molecule has 1 aliphatic carbocycles. The van der Waals surface area contributed by atoms with E-state index in [2.05, 4.69) is 15.2 Å². The topological polar surface area (TPSA) is 62.9 Å². The summed E-state index contributed by atoms with van der Waals surface area (Å²) >= 11 is 0. The molecule has 1 aromatic rings. The van der Waals surface area contributed by atoms with Crippen LogP contribution in [0.2, 0.25) is 0 Å². The molecule has 1 unspecified atom stereocenters. The summed E-state index contributed by atoms with van der Waals surface area (Å²) in [5.74, 6) is 1.94. The van der Waals surface area contributed by atoms with Crippen LogP contribution in [0.3, 0.4) is 0 Å². The fourth-order valence-corrected chi connectivity index (χ4v) is 2.90. The van der Waals surface area contributed by atoms with Crippen LogP contribution in [0.25, 0.3) is 0 Å². The van der Waals surface area contributed by atoms with Gasteiger partial charge in [-0.1, -0.05) is 6.07 Å². The number of nitrogens with zero attached hydrogens (tertiary/aromatic N) is 2. The van der Waals surface area contributed by atoms with Crippen LogP contribution in [-0.2, 0) is 0 Å². The molecule has 21 heavy (non-hydrogen) atoms. The van der Waals surface area contributed by atoms with E-state index in [1.807, 2.05) is 24.3 Å². The lowest BCUT2D eigenvalue weighted by Crippen LogP contribution is -2.25. The molecule has 0 radical (unpaired) electrons. The van der Waals surface area contributed by atoms with Crippen LogP contribution in [0.5, 0.6) is 5.75 Å². The minimum Gasteiger partial charge on any atom is -0.497 e. The Morgan fingerprint density at radius 2 is 2.29 bits per heavy atom. The lowest BCUT2D eigenvalue weighted by Gasteiger charge is -2.14. The Labute approximate surface area is 126 Å². The quantitative estimate of drug-likeness (QED) is 0.642. The third kappa shape index (κ3) is 3.88. The Kier molecular flexibility index (Phi) is 4.29. The molecule has 1 saturated heterocycles. The maximum Gasteiger partial charge on any atom is 0.193 e. The molecule has 114 valence electrons. The minimum absolute atomic E-state index is 0.480. The van der Waals surface area contributed by atoms with Gasteiger partial charge >= 0.3 is 0 Å². The van der Waals surface area contributed by atoms with Crippen molar-refractivity contribution in [2.24, 2.45) is 16.6 Å². The molecule has 2 fully saturated rings. The first-order chi connectivity index (χ1) is 10.2. The molecule has 0 amide bonds. The van der Waals surface area contributed by atoms with Gasteiger partial charge in [0.25, 0.3) is 0 Å². The SMILES string of the molecule is COc1cccc(NC(N)=NCC2CCN(C3CC3)C2)c1. The summed E-state index contributed by atoms with van der Waals surface area (Å²) in [6.07, 6.45) is 4.01. The van der Waals surface area contributed by atoms with E-state index in [1.165, 1.54) is 32.4 Å². The van der Waals surface area contributed by atoms with E-state index in [1.54, 1.807) is 7.11 Å². The van der Waals surface area contributed by atoms with Crippen molar-refractivity contribution in [3.63, 3.8) is 0 Å². The predicted molar refractivity (Wildman–Crippen MR) is 85.8 cm³/mol. The highest BCUT2D eigenvalue weighted by atomic mass is 16.5. The van der Waals surface area contributed by atoms with E-state index in [4.69, 9.17) is 10.5 Å². The van der Waals surface area contributed by atoms with Gasteiger partial charge in [0.15, 0.2) is 5.96 Å². The van der Waals surface area contributed by atoms with Gasteiger partial charge in [-0.15, -0.1) is 0 Å². The number of methoxy groups -OCH3 is 1. The number of likely N-dealkylation sites (tertiary alicyclic amines) is 1. The molecule has 1 heterocycles. The fourth-order valence-electron chi connectivity index (χ4n) is 2.90. The molecule has 5 heteroatoms. The number of nitrogens with one attached hydrogen (secondary N) is 1. The highest BCUT2D eigenvalue weighted by Gasteiger charge is 2.34. The molecule has 0 bridgehead atoms. The van der Waals surface area contributed by atoms with E-state index in [-0.39, 0.29) is 0 Å². The number of hydrogen-bond donors (Lipinski definition) is 2. The number of guanidine groups is 1. The van der Waals surface area contributed by atoms with Gasteiger partial charge in [-0.3, -0.25) is 4.99 Å². The van der Waals surface area contributed by atoms with Crippen molar-refractivity contribution >= 4 is 11.6 Å². The second kappa shape index (κ2) is 6.35.